The number of carbonyl (C=O) groups is 1. The molecule has 0 bridgehead atoms. The van der Waals surface area contributed by atoms with E-state index in [0.29, 0.717) is 30.2 Å². The second-order valence-corrected chi connectivity index (χ2v) is 7.81. The molecule has 10 heteroatoms. The summed E-state index contributed by atoms with van der Waals surface area (Å²) >= 11 is 0. The number of rotatable bonds is 6. The Kier molecular flexibility index (Phi) is 5.88. The minimum Gasteiger partial charge on any atom is -0.378 e. The van der Waals surface area contributed by atoms with Crippen LogP contribution >= 0.6 is 0 Å². The number of carbonyl (C=O) groups excluding carboxylic acids is 1. The van der Waals surface area contributed by atoms with Gasteiger partial charge in [-0.15, -0.1) is 0 Å². The van der Waals surface area contributed by atoms with Crippen molar-refractivity contribution in [2.45, 2.75) is 5.66 Å². The quantitative estimate of drug-likeness (QED) is 0.480. The fraction of sp³-hybridized carbons (Fsp3) is 0.208. The molecule has 34 heavy (non-hydrogen) atoms. The zero-order valence-corrected chi connectivity index (χ0v) is 18.4. The molecular formula is C24H24N8O2. The average molecular weight is 457 g/mol. The van der Waals surface area contributed by atoms with Gasteiger partial charge in [0.1, 0.15) is 5.82 Å². The van der Waals surface area contributed by atoms with E-state index >= 15 is 0 Å². The lowest BCUT2D eigenvalue weighted by atomic mass is 9.96. The third-order valence-corrected chi connectivity index (χ3v) is 5.62. The van der Waals surface area contributed by atoms with Gasteiger partial charge in [-0.1, -0.05) is 12.7 Å². The van der Waals surface area contributed by atoms with Gasteiger partial charge in [-0.2, -0.15) is 0 Å². The van der Waals surface area contributed by atoms with Crippen molar-refractivity contribution in [1.82, 2.24) is 30.6 Å². The summed E-state index contributed by atoms with van der Waals surface area (Å²) in [6.07, 6.45) is 15.3. The van der Waals surface area contributed by atoms with Gasteiger partial charge in [0.25, 0.3) is 0 Å². The fourth-order valence-electron chi connectivity index (χ4n) is 3.91. The van der Waals surface area contributed by atoms with E-state index < -0.39 is 5.66 Å². The molecule has 1 unspecified atom stereocenters. The van der Waals surface area contributed by atoms with Crippen LogP contribution in [-0.2, 0) is 15.2 Å². The first-order valence-corrected chi connectivity index (χ1v) is 10.9. The normalized spacial score (nSPS) is 19.5. The third-order valence-electron chi connectivity index (χ3n) is 5.62. The van der Waals surface area contributed by atoms with Gasteiger partial charge < -0.3 is 25.6 Å². The Balaban J connectivity index is 1.45. The highest BCUT2D eigenvalue weighted by molar-refractivity contribution is 5.89. The van der Waals surface area contributed by atoms with Crippen LogP contribution in [0.4, 0.5) is 17.5 Å². The molecule has 1 fully saturated rings. The highest BCUT2D eigenvalue weighted by Gasteiger charge is 2.33. The van der Waals surface area contributed by atoms with E-state index in [-0.39, 0.29) is 5.91 Å². The number of anilines is 3. The van der Waals surface area contributed by atoms with Crippen LogP contribution in [0.15, 0.2) is 74.0 Å². The van der Waals surface area contributed by atoms with E-state index in [4.69, 9.17) is 9.72 Å². The Morgan fingerprint density at radius 1 is 1.15 bits per heavy atom. The molecule has 1 amide bonds. The number of dihydropyridines is 1. The van der Waals surface area contributed by atoms with Crippen LogP contribution in [0.25, 0.3) is 10.9 Å². The molecule has 3 N–H and O–H groups in total. The molecule has 172 valence electrons. The molecular weight excluding hydrogens is 432 g/mol. The van der Waals surface area contributed by atoms with Crippen molar-refractivity contribution in [1.29, 1.82) is 0 Å². The number of hydrogen-bond acceptors (Lipinski definition) is 9. The minimum absolute atomic E-state index is 0.330. The van der Waals surface area contributed by atoms with Gasteiger partial charge in [-0.05, 0) is 36.6 Å². The average Bonchev–Trinajstić information content (AvgIpc) is 2.89. The maximum atomic E-state index is 12.2. The number of pyridine rings is 2. The van der Waals surface area contributed by atoms with Crippen LogP contribution in [0, 0.1) is 0 Å². The van der Waals surface area contributed by atoms with Crippen LogP contribution in [0.3, 0.4) is 0 Å². The number of amides is 1. The number of aromatic nitrogens is 4. The molecule has 3 aromatic heterocycles. The molecule has 0 aromatic carbocycles. The SMILES string of the molecule is C=CC(=O)NC1(c2cncc3cnc(Nc4ccc(N5CCOCC5)nc4)nc23)C=CC=CN1. The topological polar surface area (TPSA) is 117 Å². The first-order chi connectivity index (χ1) is 16.7. The van der Waals surface area contributed by atoms with Crippen molar-refractivity contribution in [3.8, 4) is 0 Å². The minimum atomic E-state index is -1.03. The maximum absolute atomic E-state index is 12.2. The fourth-order valence-corrected chi connectivity index (χ4v) is 3.91. The van der Waals surface area contributed by atoms with Crippen LogP contribution in [0.2, 0.25) is 0 Å². The van der Waals surface area contributed by atoms with Crippen LogP contribution in [0.5, 0.6) is 0 Å². The number of nitrogens with zero attached hydrogens (tertiary/aromatic N) is 5. The number of ether oxygens (including phenoxy) is 1. The highest BCUT2D eigenvalue weighted by atomic mass is 16.5. The highest BCUT2D eigenvalue weighted by Crippen LogP contribution is 2.29. The number of hydrogen-bond donors (Lipinski definition) is 3. The lowest BCUT2D eigenvalue weighted by Gasteiger charge is -2.34. The van der Waals surface area contributed by atoms with E-state index in [1.54, 1.807) is 31.0 Å². The molecule has 0 saturated carbocycles. The van der Waals surface area contributed by atoms with Gasteiger partial charge in [0.15, 0.2) is 5.66 Å². The molecule has 5 heterocycles. The second kappa shape index (κ2) is 9.28. The predicted molar refractivity (Wildman–Crippen MR) is 129 cm³/mol. The first kappa shape index (κ1) is 21.5. The monoisotopic (exact) mass is 456 g/mol. The molecule has 2 aliphatic heterocycles. The van der Waals surface area contributed by atoms with Crippen molar-refractivity contribution >= 4 is 34.3 Å². The van der Waals surface area contributed by atoms with E-state index in [2.05, 4.69) is 42.4 Å². The molecule has 3 aromatic rings. The Labute approximate surface area is 196 Å². The number of allylic oxidation sites excluding steroid dienone is 2. The zero-order chi connectivity index (χ0) is 23.4. The summed E-state index contributed by atoms with van der Waals surface area (Å²) < 4.78 is 5.40. The van der Waals surface area contributed by atoms with Crippen molar-refractivity contribution in [3.63, 3.8) is 0 Å². The molecule has 0 spiro atoms. The second-order valence-electron chi connectivity index (χ2n) is 7.81. The van der Waals surface area contributed by atoms with Crippen LogP contribution < -0.4 is 20.9 Å². The lowest BCUT2D eigenvalue weighted by Crippen LogP contribution is -2.53. The molecule has 1 saturated heterocycles. The summed E-state index contributed by atoms with van der Waals surface area (Å²) in [5.41, 5.74) is 1.05. The molecule has 0 aliphatic carbocycles. The summed E-state index contributed by atoms with van der Waals surface area (Å²) in [4.78, 5) is 32.5. The predicted octanol–water partition coefficient (Wildman–Crippen LogP) is 2.13. The van der Waals surface area contributed by atoms with Gasteiger partial charge in [-0.25, -0.2) is 15.0 Å². The molecule has 2 aliphatic rings. The Morgan fingerprint density at radius 2 is 2.03 bits per heavy atom. The lowest BCUT2D eigenvalue weighted by molar-refractivity contribution is -0.118. The Hall–Kier alpha value is -4.31. The number of fused-ring (bicyclic) bond motifs is 1. The summed E-state index contributed by atoms with van der Waals surface area (Å²) in [5.74, 6) is 0.981. The van der Waals surface area contributed by atoms with E-state index in [0.717, 1.165) is 30.0 Å². The van der Waals surface area contributed by atoms with Crippen molar-refractivity contribution in [2.24, 2.45) is 0 Å². The third kappa shape index (κ3) is 4.30. The standard InChI is InChI=1S/C24H24N8O2/c1-2-21(33)31-24(7-3-4-8-28-24)19-16-25-13-17-14-27-23(30-22(17)19)29-18-5-6-20(26-15-18)32-9-11-34-12-10-32/h2-8,13-16,28H,1,9-12H2,(H,31,33)(H,27,29,30). The Bertz CT molecular complexity index is 1270. The summed E-state index contributed by atoms with van der Waals surface area (Å²) in [5, 5.41) is 10.1. The molecule has 0 radical (unpaired) electrons. The van der Waals surface area contributed by atoms with Crippen molar-refractivity contribution in [2.75, 3.05) is 36.5 Å². The zero-order valence-electron chi connectivity index (χ0n) is 18.4. The summed E-state index contributed by atoms with van der Waals surface area (Å²) in [7, 11) is 0. The summed E-state index contributed by atoms with van der Waals surface area (Å²) in [6.45, 7) is 6.63. The van der Waals surface area contributed by atoms with Gasteiger partial charge in [-0.3, -0.25) is 9.78 Å². The van der Waals surface area contributed by atoms with E-state index in [9.17, 15) is 4.79 Å². The van der Waals surface area contributed by atoms with Crippen LogP contribution in [-0.4, -0.2) is 52.1 Å². The van der Waals surface area contributed by atoms with Crippen molar-refractivity contribution < 1.29 is 9.53 Å². The Morgan fingerprint density at radius 3 is 2.76 bits per heavy atom. The maximum Gasteiger partial charge on any atom is 0.245 e. The molecule has 1 atom stereocenters. The van der Waals surface area contributed by atoms with Crippen LogP contribution in [0.1, 0.15) is 5.56 Å². The number of morpholine rings is 1. The molecule has 10 nitrogen and oxygen atoms in total. The van der Waals surface area contributed by atoms with Gasteiger partial charge in [0.05, 0.1) is 30.6 Å². The van der Waals surface area contributed by atoms with Gasteiger partial charge in [0.2, 0.25) is 11.9 Å². The summed E-state index contributed by atoms with van der Waals surface area (Å²) in [6, 6.07) is 3.91. The largest absolute Gasteiger partial charge is 0.378 e. The van der Waals surface area contributed by atoms with Gasteiger partial charge >= 0.3 is 0 Å². The van der Waals surface area contributed by atoms with E-state index in [1.165, 1.54) is 6.08 Å². The van der Waals surface area contributed by atoms with Crippen molar-refractivity contribution in [3.05, 3.63) is 79.6 Å². The number of nitrogens with one attached hydrogen (secondary N) is 3. The smallest absolute Gasteiger partial charge is 0.245 e. The molecule has 5 rings (SSSR count). The van der Waals surface area contributed by atoms with E-state index in [1.807, 2.05) is 30.4 Å². The first-order valence-electron chi connectivity index (χ1n) is 10.9. The van der Waals surface area contributed by atoms with Gasteiger partial charge in [0, 0.05) is 42.6 Å².